The summed E-state index contributed by atoms with van der Waals surface area (Å²) in [6, 6.07) is 9.33. The number of imide groups is 1. The van der Waals surface area contributed by atoms with Crippen LogP contribution >= 0.6 is 0 Å². The number of benzene rings is 1. The summed E-state index contributed by atoms with van der Waals surface area (Å²) in [7, 11) is 0. The van der Waals surface area contributed by atoms with Gasteiger partial charge in [-0.25, -0.2) is 0 Å². The third kappa shape index (κ3) is 1.74. The Bertz CT molecular complexity index is 436. The Kier molecular flexibility index (Phi) is 2.44. The molecule has 2 fully saturated rings. The zero-order chi connectivity index (χ0) is 11.8. The fourth-order valence-corrected chi connectivity index (χ4v) is 2.54. The minimum atomic E-state index is -0.151. The molecule has 2 saturated heterocycles. The Hall–Kier alpha value is -1.68. The molecule has 2 atom stereocenters. The van der Waals surface area contributed by atoms with Crippen LogP contribution in [0.25, 0.3) is 0 Å². The van der Waals surface area contributed by atoms with Gasteiger partial charge in [0, 0.05) is 0 Å². The summed E-state index contributed by atoms with van der Waals surface area (Å²) < 4.78 is 0. The topological polar surface area (TPSA) is 49.4 Å². The first-order valence-electron chi connectivity index (χ1n) is 5.91. The molecule has 2 aliphatic heterocycles. The Balaban J connectivity index is 1.83. The summed E-state index contributed by atoms with van der Waals surface area (Å²) in [4.78, 5) is 25.5. The molecule has 1 aromatic rings. The van der Waals surface area contributed by atoms with E-state index in [0.29, 0.717) is 6.54 Å². The van der Waals surface area contributed by atoms with Crippen LogP contribution in [0.5, 0.6) is 0 Å². The van der Waals surface area contributed by atoms with Gasteiger partial charge in [0.05, 0.1) is 18.6 Å². The van der Waals surface area contributed by atoms with Crippen LogP contribution in [0, 0.1) is 0 Å². The number of nitrogens with zero attached hydrogens (tertiary/aromatic N) is 1. The zero-order valence-corrected chi connectivity index (χ0v) is 9.43. The number of likely N-dealkylation sites (tertiary alicyclic amines) is 1. The summed E-state index contributed by atoms with van der Waals surface area (Å²) in [5.41, 5.74) is 0.996. The molecule has 4 heteroatoms. The molecule has 2 heterocycles. The van der Waals surface area contributed by atoms with Gasteiger partial charge >= 0.3 is 0 Å². The number of nitrogens with one attached hydrogen (secondary N) is 1. The largest absolute Gasteiger partial charge is 0.295 e. The third-order valence-corrected chi connectivity index (χ3v) is 3.46. The van der Waals surface area contributed by atoms with Crippen molar-refractivity contribution in [1.29, 1.82) is 0 Å². The highest BCUT2D eigenvalue weighted by molar-refractivity contribution is 6.03. The van der Waals surface area contributed by atoms with Crippen molar-refractivity contribution in [3.05, 3.63) is 35.9 Å². The second kappa shape index (κ2) is 3.96. The minimum absolute atomic E-state index is 0.0763. The molecule has 2 aliphatic rings. The monoisotopic (exact) mass is 230 g/mol. The second-order valence-corrected chi connectivity index (χ2v) is 4.60. The summed E-state index contributed by atoms with van der Waals surface area (Å²) >= 11 is 0. The molecule has 0 aliphatic carbocycles. The van der Waals surface area contributed by atoms with E-state index in [1.165, 1.54) is 4.90 Å². The average Bonchev–Trinajstić information content (AvgIpc) is 2.81. The van der Waals surface area contributed by atoms with E-state index >= 15 is 0 Å². The van der Waals surface area contributed by atoms with Gasteiger partial charge in [-0.2, -0.15) is 0 Å². The molecule has 2 amide bonds. The molecule has 1 N–H and O–H groups in total. The lowest BCUT2D eigenvalue weighted by Crippen LogP contribution is -2.58. The van der Waals surface area contributed by atoms with Crippen LogP contribution < -0.4 is 5.32 Å². The van der Waals surface area contributed by atoms with Crippen LogP contribution in [0.4, 0.5) is 0 Å². The van der Waals surface area contributed by atoms with Crippen molar-refractivity contribution in [1.82, 2.24) is 10.2 Å². The summed E-state index contributed by atoms with van der Waals surface area (Å²) in [5, 5.41) is 3.06. The second-order valence-electron chi connectivity index (χ2n) is 4.60. The Labute approximate surface area is 99.6 Å². The molecular weight excluding hydrogens is 216 g/mol. The van der Waals surface area contributed by atoms with E-state index < -0.39 is 0 Å². The quantitative estimate of drug-likeness (QED) is 0.760. The van der Waals surface area contributed by atoms with Gasteiger partial charge < -0.3 is 0 Å². The molecule has 0 saturated carbocycles. The van der Waals surface area contributed by atoms with Crippen LogP contribution in [0.15, 0.2) is 30.3 Å². The van der Waals surface area contributed by atoms with Crippen molar-refractivity contribution < 1.29 is 9.59 Å². The molecular formula is C13H14N2O2. The Morgan fingerprint density at radius 2 is 1.65 bits per heavy atom. The number of amides is 2. The van der Waals surface area contributed by atoms with Crippen LogP contribution in [0.2, 0.25) is 0 Å². The molecule has 0 radical (unpaired) electrons. The molecule has 4 nitrogen and oxygen atoms in total. The molecule has 17 heavy (non-hydrogen) atoms. The highest BCUT2D eigenvalue weighted by Crippen LogP contribution is 2.23. The van der Waals surface area contributed by atoms with Gasteiger partial charge in [0.1, 0.15) is 0 Å². The Morgan fingerprint density at radius 3 is 2.24 bits per heavy atom. The van der Waals surface area contributed by atoms with Crippen LogP contribution in [-0.2, 0) is 16.1 Å². The number of fused-ring (bicyclic) bond motifs is 2. The summed E-state index contributed by atoms with van der Waals surface area (Å²) in [6.07, 6.45) is 1.56. The van der Waals surface area contributed by atoms with Gasteiger partial charge in [0.15, 0.2) is 0 Å². The van der Waals surface area contributed by atoms with Gasteiger partial charge in [-0.15, -0.1) is 0 Å². The predicted octanol–water partition coefficient (Wildman–Crippen LogP) is 0.676. The number of piperazine rings is 1. The fraction of sp³-hybridized carbons (Fsp3) is 0.385. The molecule has 0 spiro atoms. The minimum Gasteiger partial charge on any atom is -0.295 e. The van der Waals surface area contributed by atoms with Crippen LogP contribution in [0.1, 0.15) is 18.4 Å². The molecule has 3 rings (SSSR count). The van der Waals surface area contributed by atoms with Gasteiger partial charge in [-0.1, -0.05) is 30.3 Å². The highest BCUT2D eigenvalue weighted by atomic mass is 16.2. The van der Waals surface area contributed by atoms with Crippen molar-refractivity contribution in [3.63, 3.8) is 0 Å². The smallest absolute Gasteiger partial charge is 0.246 e. The molecule has 88 valence electrons. The molecule has 2 bridgehead atoms. The number of carbonyl (C=O) groups excluding carboxylic acids is 2. The van der Waals surface area contributed by atoms with Gasteiger partial charge in [-0.05, 0) is 18.4 Å². The normalized spacial score (nSPS) is 27.6. The van der Waals surface area contributed by atoms with Crippen molar-refractivity contribution in [3.8, 4) is 0 Å². The maximum Gasteiger partial charge on any atom is 0.246 e. The number of rotatable bonds is 2. The number of hydrogen-bond donors (Lipinski definition) is 1. The van der Waals surface area contributed by atoms with E-state index in [9.17, 15) is 9.59 Å². The average molecular weight is 230 g/mol. The number of hydrogen-bond acceptors (Lipinski definition) is 3. The van der Waals surface area contributed by atoms with E-state index in [1.807, 2.05) is 30.3 Å². The van der Waals surface area contributed by atoms with Crippen molar-refractivity contribution >= 4 is 11.8 Å². The maximum absolute atomic E-state index is 12.0. The van der Waals surface area contributed by atoms with Crippen LogP contribution in [-0.4, -0.2) is 28.8 Å². The van der Waals surface area contributed by atoms with Gasteiger partial charge in [0.2, 0.25) is 11.8 Å². The molecule has 0 aromatic heterocycles. The Morgan fingerprint density at radius 1 is 1.06 bits per heavy atom. The van der Waals surface area contributed by atoms with Crippen molar-refractivity contribution in [2.75, 3.05) is 0 Å². The first-order valence-corrected chi connectivity index (χ1v) is 5.91. The van der Waals surface area contributed by atoms with Crippen molar-refractivity contribution in [2.24, 2.45) is 0 Å². The lowest BCUT2D eigenvalue weighted by molar-refractivity contribution is -0.150. The van der Waals surface area contributed by atoms with Gasteiger partial charge in [-0.3, -0.25) is 19.8 Å². The highest BCUT2D eigenvalue weighted by Gasteiger charge is 2.44. The maximum atomic E-state index is 12.0. The van der Waals surface area contributed by atoms with Crippen LogP contribution in [0.3, 0.4) is 0 Å². The van der Waals surface area contributed by atoms with Gasteiger partial charge in [0.25, 0.3) is 0 Å². The first-order chi connectivity index (χ1) is 8.25. The summed E-state index contributed by atoms with van der Waals surface area (Å²) in [5.74, 6) is -0.153. The lowest BCUT2D eigenvalue weighted by Gasteiger charge is -2.30. The molecule has 0 unspecified atom stereocenters. The summed E-state index contributed by atoms with van der Waals surface area (Å²) in [6.45, 7) is 0.396. The van der Waals surface area contributed by atoms with E-state index in [1.54, 1.807) is 0 Å². The molecule has 1 aromatic carbocycles. The van der Waals surface area contributed by atoms with Crippen molar-refractivity contribution in [2.45, 2.75) is 31.5 Å². The van der Waals surface area contributed by atoms with E-state index in [2.05, 4.69) is 5.32 Å². The standard InChI is InChI=1S/C13H14N2O2/c16-12-10-6-7-11(14-10)13(17)15(12)8-9-4-2-1-3-5-9/h1-5,10-11,14H,6-8H2/t10-,11+. The van der Waals surface area contributed by atoms with E-state index in [-0.39, 0.29) is 23.9 Å². The third-order valence-electron chi connectivity index (χ3n) is 3.46. The van der Waals surface area contributed by atoms with E-state index in [0.717, 1.165) is 18.4 Å². The number of carbonyl (C=O) groups is 2. The SMILES string of the molecule is O=C1[C@@H]2CC[C@@H](N2)C(=O)N1Cc1ccccc1. The zero-order valence-electron chi connectivity index (χ0n) is 9.43. The first kappa shape index (κ1) is 10.5. The predicted molar refractivity (Wildman–Crippen MR) is 61.9 cm³/mol. The van der Waals surface area contributed by atoms with E-state index in [4.69, 9.17) is 0 Å². The fourth-order valence-electron chi connectivity index (χ4n) is 2.54. The lowest BCUT2D eigenvalue weighted by atomic mass is 10.1.